The number of carbonyl (C=O) groups excluding carboxylic acids is 1. The molecule has 0 aliphatic rings. The van der Waals surface area contributed by atoms with Gasteiger partial charge >= 0.3 is 0 Å². The highest BCUT2D eigenvalue weighted by Gasteiger charge is 2.12. The fraction of sp³-hybridized carbons (Fsp3) is 0. The van der Waals surface area contributed by atoms with Gasteiger partial charge in [-0.3, -0.25) is 4.79 Å². The molecule has 0 N–H and O–H groups in total. The Morgan fingerprint density at radius 1 is 1.22 bits per heavy atom. The highest BCUT2D eigenvalue weighted by Crippen LogP contribution is 2.35. The Bertz CT molecular complexity index is 604. The first-order valence-electron chi connectivity index (χ1n) is 4.85. The maximum atomic E-state index is 11.3. The van der Waals surface area contributed by atoms with Crippen LogP contribution in [0.25, 0.3) is 0 Å². The van der Waals surface area contributed by atoms with Crippen molar-refractivity contribution >= 4 is 51.8 Å². The van der Waals surface area contributed by atoms with Crippen molar-refractivity contribution in [2.75, 3.05) is 0 Å². The summed E-state index contributed by atoms with van der Waals surface area (Å²) in [6.45, 7) is 0. The molecule has 1 aromatic heterocycles. The first kappa shape index (κ1) is 13.7. The van der Waals surface area contributed by atoms with Crippen molar-refractivity contribution in [2.24, 2.45) is 0 Å². The molecule has 0 bridgehead atoms. The average Bonchev–Trinajstić information content (AvgIpc) is 2.34. The highest BCUT2D eigenvalue weighted by molar-refractivity contribution is 7.99. The minimum Gasteiger partial charge on any atom is -0.276 e. The smallest absolute Gasteiger partial charge is 0.255 e. The number of halogens is 3. The monoisotopic (exact) mass is 317 g/mol. The predicted molar refractivity (Wildman–Crippen MR) is 75.0 cm³/mol. The van der Waals surface area contributed by atoms with E-state index in [9.17, 15) is 4.79 Å². The zero-order valence-electron chi connectivity index (χ0n) is 8.86. The summed E-state index contributed by atoms with van der Waals surface area (Å²) in [5.74, 6) is 0. The van der Waals surface area contributed by atoms with Crippen molar-refractivity contribution in [3.05, 3.63) is 52.1 Å². The minimum atomic E-state index is -0.552. The number of aromatic nitrogens is 1. The third kappa shape index (κ3) is 3.18. The van der Waals surface area contributed by atoms with Crippen LogP contribution >= 0.6 is 46.6 Å². The lowest BCUT2D eigenvalue weighted by Gasteiger charge is -2.06. The fourth-order valence-electron chi connectivity index (χ4n) is 1.28. The molecule has 0 aliphatic carbocycles. The van der Waals surface area contributed by atoms with Crippen molar-refractivity contribution in [2.45, 2.75) is 9.92 Å². The third-order valence-electron chi connectivity index (χ3n) is 2.08. The summed E-state index contributed by atoms with van der Waals surface area (Å²) in [5.41, 5.74) is 0.347. The zero-order chi connectivity index (χ0) is 13.1. The minimum absolute atomic E-state index is 0.347. The molecule has 2 aromatic rings. The summed E-state index contributed by atoms with van der Waals surface area (Å²) >= 11 is 18.7. The Hall–Kier alpha value is -0.740. The first-order chi connectivity index (χ1) is 8.58. The maximum absolute atomic E-state index is 11.3. The van der Waals surface area contributed by atoms with Crippen LogP contribution in [0, 0.1) is 0 Å². The molecule has 6 heteroatoms. The molecule has 18 heavy (non-hydrogen) atoms. The second-order valence-electron chi connectivity index (χ2n) is 3.31. The number of pyridine rings is 1. The van der Waals surface area contributed by atoms with Crippen LogP contribution in [0.3, 0.4) is 0 Å². The summed E-state index contributed by atoms with van der Waals surface area (Å²) in [7, 11) is 0. The molecule has 0 amide bonds. The summed E-state index contributed by atoms with van der Waals surface area (Å²) in [4.78, 5) is 16.1. The summed E-state index contributed by atoms with van der Waals surface area (Å²) in [5, 5.41) is 1.06. The molecule has 0 aliphatic heterocycles. The van der Waals surface area contributed by atoms with E-state index in [1.165, 1.54) is 11.8 Å². The first-order valence-corrected chi connectivity index (χ1v) is 6.80. The number of benzene rings is 1. The van der Waals surface area contributed by atoms with Crippen LogP contribution in [0.15, 0.2) is 46.5 Å². The topological polar surface area (TPSA) is 30.0 Å². The summed E-state index contributed by atoms with van der Waals surface area (Å²) < 4.78 is 0. The van der Waals surface area contributed by atoms with Crippen LogP contribution < -0.4 is 0 Å². The molecule has 0 saturated heterocycles. The Kier molecular flexibility index (Phi) is 4.51. The van der Waals surface area contributed by atoms with E-state index in [1.807, 2.05) is 0 Å². The number of hydrogen-bond acceptors (Lipinski definition) is 3. The quantitative estimate of drug-likeness (QED) is 0.752. The van der Waals surface area contributed by atoms with E-state index in [0.29, 0.717) is 20.6 Å². The predicted octanol–water partition coefficient (Wildman–Crippen LogP) is 4.92. The lowest BCUT2D eigenvalue weighted by Crippen LogP contribution is -1.94. The summed E-state index contributed by atoms with van der Waals surface area (Å²) in [6, 6.07) is 8.37. The molecule has 0 saturated carbocycles. The number of carbonyl (C=O) groups is 1. The van der Waals surface area contributed by atoms with Crippen molar-refractivity contribution in [1.82, 2.24) is 4.98 Å². The number of hydrogen-bond donors (Lipinski definition) is 0. The van der Waals surface area contributed by atoms with Gasteiger partial charge in [-0.25, -0.2) is 4.98 Å². The lowest BCUT2D eigenvalue weighted by molar-refractivity contribution is 0.107. The van der Waals surface area contributed by atoms with Gasteiger partial charge in [0, 0.05) is 16.1 Å². The van der Waals surface area contributed by atoms with E-state index in [2.05, 4.69) is 4.98 Å². The van der Waals surface area contributed by atoms with Crippen molar-refractivity contribution in [3.8, 4) is 0 Å². The van der Waals surface area contributed by atoms with E-state index in [0.717, 1.165) is 4.90 Å². The molecule has 0 unspecified atom stereocenters. The van der Waals surface area contributed by atoms with Crippen LogP contribution in [-0.4, -0.2) is 10.2 Å². The third-order valence-corrected chi connectivity index (χ3v) is 4.04. The fourth-order valence-corrected chi connectivity index (χ4v) is 2.90. The molecule has 1 heterocycles. The zero-order valence-corrected chi connectivity index (χ0v) is 11.9. The van der Waals surface area contributed by atoms with Crippen LogP contribution in [-0.2, 0) is 0 Å². The van der Waals surface area contributed by atoms with Crippen LogP contribution in [0.4, 0.5) is 0 Å². The van der Waals surface area contributed by atoms with Gasteiger partial charge < -0.3 is 0 Å². The Balaban J connectivity index is 2.40. The molecule has 0 atom stereocenters. The Labute approximate surface area is 123 Å². The largest absolute Gasteiger partial charge is 0.276 e. The van der Waals surface area contributed by atoms with Gasteiger partial charge in [0.15, 0.2) is 0 Å². The summed E-state index contributed by atoms with van der Waals surface area (Å²) in [6.07, 6.45) is 1.59. The van der Waals surface area contributed by atoms with E-state index < -0.39 is 5.24 Å². The highest BCUT2D eigenvalue weighted by atomic mass is 35.5. The second-order valence-corrected chi connectivity index (χ2v) is 5.52. The molecule has 0 radical (unpaired) electrons. The van der Waals surface area contributed by atoms with E-state index in [-0.39, 0.29) is 0 Å². The molecular weight excluding hydrogens is 313 g/mol. The molecule has 92 valence electrons. The molecule has 0 spiro atoms. The van der Waals surface area contributed by atoms with Gasteiger partial charge in [-0.05, 0) is 41.9 Å². The van der Waals surface area contributed by atoms with Crippen molar-refractivity contribution < 1.29 is 4.79 Å². The Morgan fingerprint density at radius 3 is 2.72 bits per heavy atom. The molecule has 0 fully saturated rings. The van der Waals surface area contributed by atoms with Gasteiger partial charge in [-0.15, -0.1) is 0 Å². The van der Waals surface area contributed by atoms with Gasteiger partial charge in [-0.2, -0.15) is 0 Å². The normalized spacial score (nSPS) is 10.4. The standard InChI is InChI=1S/C12H6Cl3NOS/c13-7-3-4-9(14)10(6-7)18-12-8(11(15)17)2-1-5-16-12/h1-6H. The van der Waals surface area contributed by atoms with E-state index >= 15 is 0 Å². The molecule has 2 rings (SSSR count). The van der Waals surface area contributed by atoms with Gasteiger partial charge in [0.2, 0.25) is 0 Å². The van der Waals surface area contributed by atoms with Gasteiger partial charge in [0.1, 0.15) is 5.03 Å². The van der Waals surface area contributed by atoms with Crippen LogP contribution in [0.2, 0.25) is 10.0 Å². The van der Waals surface area contributed by atoms with Crippen LogP contribution in [0.1, 0.15) is 10.4 Å². The Morgan fingerprint density at radius 2 is 2.00 bits per heavy atom. The van der Waals surface area contributed by atoms with E-state index in [1.54, 1.807) is 36.5 Å². The maximum Gasteiger partial charge on any atom is 0.255 e. The average molecular weight is 319 g/mol. The van der Waals surface area contributed by atoms with Crippen molar-refractivity contribution in [1.29, 1.82) is 0 Å². The number of nitrogens with zero attached hydrogens (tertiary/aromatic N) is 1. The lowest BCUT2D eigenvalue weighted by atomic mass is 10.3. The SMILES string of the molecule is O=C(Cl)c1cccnc1Sc1cc(Cl)ccc1Cl. The van der Waals surface area contributed by atoms with Gasteiger partial charge in [0.05, 0.1) is 10.6 Å². The molecule has 2 nitrogen and oxygen atoms in total. The van der Waals surface area contributed by atoms with Crippen LogP contribution in [0.5, 0.6) is 0 Å². The second kappa shape index (κ2) is 5.93. The van der Waals surface area contributed by atoms with E-state index in [4.69, 9.17) is 34.8 Å². The molecular formula is C12H6Cl3NOS. The van der Waals surface area contributed by atoms with Crippen molar-refractivity contribution in [3.63, 3.8) is 0 Å². The number of rotatable bonds is 3. The van der Waals surface area contributed by atoms with Gasteiger partial charge in [-0.1, -0.05) is 35.0 Å². The molecule has 1 aromatic carbocycles. The van der Waals surface area contributed by atoms with Gasteiger partial charge in [0.25, 0.3) is 5.24 Å².